The number of hydrogen-bond acceptors (Lipinski definition) is 3. The van der Waals surface area contributed by atoms with Crippen LogP contribution in [0.2, 0.25) is 0 Å². The number of carbonyl (C=O) groups is 1. The molecule has 0 aliphatic heterocycles. The van der Waals surface area contributed by atoms with Crippen molar-refractivity contribution in [2.24, 2.45) is 46.3 Å². The summed E-state index contributed by atoms with van der Waals surface area (Å²) < 4.78 is 0. The summed E-state index contributed by atoms with van der Waals surface area (Å²) in [6, 6.07) is 0. The van der Waals surface area contributed by atoms with Gasteiger partial charge in [0.25, 0.3) is 0 Å². The Bertz CT molecular complexity index is 667. The highest BCUT2D eigenvalue weighted by molar-refractivity contribution is 5.82. The van der Waals surface area contributed by atoms with Crippen molar-refractivity contribution < 1.29 is 15.0 Å². The number of fused-ring (bicyclic) bond motifs is 5. The predicted octanol–water partition coefficient (Wildman–Crippen LogP) is 6.30. The Hall–Kier alpha value is -0.410. The van der Waals surface area contributed by atoms with Crippen molar-refractivity contribution in [1.29, 1.82) is 0 Å². The van der Waals surface area contributed by atoms with Gasteiger partial charge in [-0.3, -0.25) is 4.79 Å². The maximum Gasteiger partial charge on any atom is 0.136 e. The lowest BCUT2D eigenvalue weighted by molar-refractivity contribution is -0.157. The Kier molecular flexibility index (Phi) is 6.80. The van der Waals surface area contributed by atoms with Crippen molar-refractivity contribution in [3.8, 4) is 0 Å². The smallest absolute Gasteiger partial charge is 0.136 e. The van der Waals surface area contributed by atoms with Crippen LogP contribution in [0.3, 0.4) is 0 Å². The van der Waals surface area contributed by atoms with E-state index in [2.05, 4.69) is 6.92 Å². The van der Waals surface area contributed by atoms with Gasteiger partial charge in [0, 0.05) is 18.9 Å². The van der Waals surface area contributed by atoms with E-state index in [0.717, 1.165) is 32.1 Å². The van der Waals surface area contributed by atoms with Gasteiger partial charge in [0.2, 0.25) is 0 Å². The molecule has 5 aliphatic carbocycles. The van der Waals surface area contributed by atoms with E-state index in [1.807, 2.05) is 0 Å². The molecule has 0 aromatic rings. The fourth-order valence-electron chi connectivity index (χ4n) is 10.0. The van der Waals surface area contributed by atoms with Gasteiger partial charge in [-0.1, -0.05) is 51.9 Å². The summed E-state index contributed by atoms with van der Waals surface area (Å²) in [4.78, 5) is 13.6. The zero-order chi connectivity index (χ0) is 22.3. The third kappa shape index (κ3) is 3.92. The van der Waals surface area contributed by atoms with Crippen molar-refractivity contribution in [3.05, 3.63) is 0 Å². The van der Waals surface area contributed by atoms with Crippen molar-refractivity contribution in [2.75, 3.05) is 6.61 Å². The Morgan fingerprint density at radius 1 is 0.844 bits per heavy atom. The molecular weight excluding hydrogens is 396 g/mol. The van der Waals surface area contributed by atoms with Gasteiger partial charge >= 0.3 is 0 Å². The number of ketones is 1. The third-order valence-electron chi connectivity index (χ3n) is 11.7. The minimum atomic E-state index is -0.160. The first-order valence-corrected chi connectivity index (χ1v) is 14.3. The fraction of sp³-hybridized carbons (Fsp3) is 0.966. The number of aliphatic hydroxyl groups is 2. The molecule has 5 saturated carbocycles. The standard InChI is InChI=1S/C29H48O3/c1-28-15-14-25-23(10-9-21-18-22(31)13-16-29(21,25)19-30)24(28)11-12-26(28)27(32)17-20-7-5-3-2-4-6-8-20/h20-26,30-31H,2-19H2,1H3/t21-,22+,23-,24-,25?,26+,28-,29+/m0/s1. The summed E-state index contributed by atoms with van der Waals surface area (Å²) in [6.07, 6.45) is 19.9. The maximum absolute atomic E-state index is 13.6. The lowest BCUT2D eigenvalue weighted by Crippen LogP contribution is -2.56. The van der Waals surface area contributed by atoms with Gasteiger partial charge in [-0.05, 0) is 98.2 Å². The molecule has 0 aromatic heterocycles. The molecule has 1 unspecified atom stereocenters. The Balaban J connectivity index is 1.30. The average Bonchev–Trinajstić information content (AvgIpc) is 3.12. The zero-order valence-corrected chi connectivity index (χ0v) is 20.6. The van der Waals surface area contributed by atoms with Crippen LogP contribution in [0.5, 0.6) is 0 Å². The molecule has 0 radical (unpaired) electrons. The zero-order valence-electron chi connectivity index (χ0n) is 20.6. The van der Waals surface area contributed by atoms with Gasteiger partial charge in [0.05, 0.1) is 6.10 Å². The lowest BCUT2D eigenvalue weighted by Gasteiger charge is -2.61. The van der Waals surface area contributed by atoms with Gasteiger partial charge in [0.1, 0.15) is 5.78 Å². The molecule has 0 amide bonds. The van der Waals surface area contributed by atoms with Crippen LogP contribution in [0.15, 0.2) is 0 Å². The highest BCUT2D eigenvalue weighted by atomic mass is 16.3. The molecule has 0 heterocycles. The molecule has 3 heteroatoms. The number of Topliss-reactive ketones (excluding diaryl/α,β-unsaturated/α-hetero) is 1. The predicted molar refractivity (Wildman–Crippen MR) is 128 cm³/mol. The quantitative estimate of drug-likeness (QED) is 0.535. The molecule has 5 rings (SSSR count). The van der Waals surface area contributed by atoms with Crippen LogP contribution in [-0.4, -0.2) is 28.7 Å². The Labute approximate surface area is 196 Å². The highest BCUT2D eigenvalue weighted by Crippen LogP contribution is 2.67. The van der Waals surface area contributed by atoms with Crippen molar-refractivity contribution in [3.63, 3.8) is 0 Å². The normalized spacial score (nSPS) is 47.6. The summed E-state index contributed by atoms with van der Waals surface area (Å²) in [6.45, 7) is 2.78. The largest absolute Gasteiger partial charge is 0.396 e. The van der Waals surface area contributed by atoms with Crippen LogP contribution in [0.1, 0.15) is 116 Å². The van der Waals surface area contributed by atoms with Crippen molar-refractivity contribution in [2.45, 2.75) is 122 Å². The number of rotatable bonds is 4. The number of hydrogen-bond donors (Lipinski definition) is 2. The van der Waals surface area contributed by atoms with Gasteiger partial charge in [0.15, 0.2) is 0 Å². The minimum absolute atomic E-state index is 0.0461. The summed E-state index contributed by atoms with van der Waals surface area (Å²) >= 11 is 0. The second-order valence-electron chi connectivity index (χ2n) is 13.0. The summed E-state index contributed by atoms with van der Waals surface area (Å²) in [7, 11) is 0. The van der Waals surface area contributed by atoms with Crippen LogP contribution in [0, 0.1) is 46.3 Å². The molecule has 182 valence electrons. The average molecular weight is 445 g/mol. The van der Waals surface area contributed by atoms with Gasteiger partial charge < -0.3 is 10.2 Å². The minimum Gasteiger partial charge on any atom is -0.396 e. The van der Waals surface area contributed by atoms with Crippen LogP contribution in [0.25, 0.3) is 0 Å². The number of carbonyl (C=O) groups excluding carboxylic acids is 1. The lowest BCUT2D eigenvalue weighted by atomic mass is 9.44. The molecular formula is C29H48O3. The molecule has 3 nitrogen and oxygen atoms in total. The topological polar surface area (TPSA) is 57.5 Å². The molecule has 32 heavy (non-hydrogen) atoms. The van der Waals surface area contributed by atoms with Gasteiger partial charge in [-0.15, -0.1) is 0 Å². The molecule has 5 fully saturated rings. The second-order valence-corrected chi connectivity index (χ2v) is 13.0. The van der Waals surface area contributed by atoms with Crippen LogP contribution in [-0.2, 0) is 4.79 Å². The first kappa shape index (κ1) is 23.3. The van der Waals surface area contributed by atoms with E-state index < -0.39 is 0 Å². The Morgan fingerprint density at radius 3 is 2.34 bits per heavy atom. The molecule has 5 aliphatic rings. The fourth-order valence-corrected chi connectivity index (χ4v) is 10.0. The maximum atomic E-state index is 13.6. The second kappa shape index (κ2) is 9.33. The number of aliphatic hydroxyl groups excluding tert-OH is 2. The van der Waals surface area contributed by atoms with E-state index >= 15 is 0 Å². The highest BCUT2D eigenvalue weighted by Gasteiger charge is 2.62. The molecule has 0 bridgehead atoms. The van der Waals surface area contributed by atoms with E-state index in [1.54, 1.807) is 0 Å². The van der Waals surface area contributed by atoms with Crippen molar-refractivity contribution >= 4 is 5.78 Å². The summed E-state index contributed by atoms with van der Waals surface area (Å²) in [5.74, 6) is 4.00. The molecule has 2 N–H and O–H groups in total. The first-order valence-electron chi connectivity index (χ1n) is 14.3. The monoisotopic (exact) mass is 444 g/mol. The van der Waals surface area contributed by atoms with E-state index in [-0.39, 0.29) is 22.9 Å². The van der Waals surface area contributed by atoms with E-state index in [1.165, 1.54) is 77.0 Å². The van der Waals surface area contributed by atoms with Crippen molar-refractivity contribution in [1.82, 2.24) is 0 Å². The van der Waals surface area contributed by atoms with Crippen LogP contribution >= 0.6 is 0 Å². The first-order chi connectivity index (χ1) is 15.5. The molecule has 0 aromatic carbocycles. The summed E-state index contributed by atoms with van der Waals surface area (Å²) in [5.41, 5.74) is 0.238. The SMILES string of the molecule is C[C@]12CCC3[C@@H](CC[C@H]4C[C@H](O)CC[C@]34CO)[C@@H]1CC[C@@H]2C(=O)CC1CCCCCCC1. The summed E-state index contributed by atoms with van der Waals surface area (Å²) in [5, 5.41) is 20.9. The van der Waals surface area contributed by atoms with E-state index in [0.29, 0.717) is 42.0 Å². The van der Waals surface area contributed by atoms with Gasteiger partial charge in [-0.25, -0.2) is 0 Å². The third-order valence-corrected chi connectivity index (χ3v) is 11.7. The van der Waals surface area contributed by atoms with Crippen LogP contribution in [0.4, 0.5) is 0 Å². The molecule has 0 spiro atoms. The molecule has 0 saturated heterocycles. The van der Waals surface area contributed by atoms with Crippen LogP contribution < -0.4 is 0 Å². The van der Waals surface area contributed by atoms with E-state index in [9.17, 15) is 15.0 Å². The van der Waals surface area contributed by atoms with Gasteiger partial charge in [-0.2, -0.15) is 0 Å². The molecule has 8 atom stereocenters. The van der Waals surface area contributed by atoms with E-state index in [4.69, 9.17) is 0 Å². The Morgan fingerprint density at radius 2 is 1.59 bits per heavy atom.